The molecule has 148 valence electrons. The third-order valence-electron chi connectivity index (χ3n) is 4.75. The third-order valence-corrected chi connectivity index (χ3v) is 5.74. The van der Waals surface area contributed by atoms with Crippen LogP contribution in [0.2, 0.25) is 0 Å². The van der Waals surface area contributed by atoms with E-state index in [1.54, 1.807) is 24.3 Å². The first-order chi connectivity index (χ1) is 15.1. The summed E-state index contributed by atoms with van der Waals surface area (Å²) in [6, 6.07) is 30.8. The van der Waals surface area contributed by atoms with E-state index < -0.39 is 0 Å². The van der Waals surface area contributed by atoms with Crippen LogP contribution in [0.1, 0.15) is 11.1 Å². The Balaban J connectivity index is 1.78. The molecule has 0 heterocycles. The predicted octanol–water partition coefficient (Wildman–Crippen LogP) is 8.08. The van der Waals surface area contributed by atoms with Gasteiger partial charge in [-0.2, -0.15) is 10.5 Å². The Morgan fingerprint density at radius 2 is 0.935 bits per heavy atom. The van der Waals surface area contributed by atoms with E-state index in [1.165, 1.54) is 0 Å². The molecule has 0 aliphatic carbocycles. The lowest BCUT2D eigenvalue weighted by atomic mass is 10.0. The van der Waals surface area contributed by atoms with Gasteiger partial charge in [-0.15, -0.1) is 0 Å². The van der Waals surface area contributed by atoms with Gasteiger partial charge in [0, 0.05) is 20.1 Å². The number of hydrogen-bond acceptors (Lipinski definition) is 3. The molecule has 0 atom stereocenters. The zero-order valence-electron chi connectivity index (χ0n) is 16.1. The van der Waals surface area contributed by atoms with E-state index in [9.17, 15) is 0 Å². The van der Waals surface area contributed by atoms with Crippen LogP contribution in [0.15, 0.2) is 93.9 Å². The van der Waals surface area contributed by atoms with Gasteiger partial charge in [0.2, 0.25) is 0 Å². The molecular weight excluding hydrogens is 516 g/mol. The van der Waals surface area contributed by atoms with Gasteiger partial charge in [0.1, 0.15) is 11.5 Å². The zero-order valence-corrected chi connectivity index (χ0v) is 19.3. The lowest BCUT2D eigenvalue weighted by molar-refractivity contribution is 0.486. The van der Waals surface area contributed by atoms with Gasteiger partial charge in [-0.25, -0.2) is 0 Å². The van der Waals surface area contributed by atoms with Crippen LogP contribution in [0.5, 0.6) is 11.5 Å². The molecule has 0 aliphatic heterocycles. The second kappa shape index (κ2) is 9.18. The van der Waals surface area contributed by atoms with E-state index >= 15 is 0 Å². The van der Waals surface area contributed by atoms with Crippen LogP contribution in [0.4, 0.5) is 0 Å². The Bertz CT molecular complexity index is 1230. The van der Waals surface area contributed by atoms with E-state index in [2.05, 4.69) is 44.0 Å². The third kappa shape index (κ3) is 4.70. The van der Waals surface area contributed by atoms with Crippen molar-refractivity contribution in [2.75, 3.05) is 0 Å². The van der Waals surface area contributed by atoms with E-state index in [0.717, 1.165) is 31.2 Å². The molecule has 0 saturated heterocycles. The smallest absolute Gasteiger partial charge is 0.135 e. The minimum atomic E-state index is 0.609. The van der Waals surface area contributed by atoms with Crippen LogP contribution in [0, 0.1) is 22.7 Å². The van der Waals surface area contributed by atoms with E-state index in [4.69, 9.17) is 15.3 Å². The van der Waals surface area contributed by atoms with E-state index in [0.29, 0.717) is 22.6 Å². The molecule has 0 aromatic heterocycles. The number of nitriles is 2. The first-order valence-corrected chi connectivity index (χ1v) is 10.9. The molecular formula is C26H14Br2N2O. The van der Waals surface area contributed by atoms with E-state index in [-0.39, 0.29) is 0 Å². The number of benzene rings is 4. The number of nitrogens with zero attached hydrogens (tertiary/aromatic N) is 2. The fourth-order valence-electron chi connectivity index (χ4n) is 3.20. The summed E-state index contributed by atoms with van der Waals surface area (Å²) >= 11 is 7.08. The molecule has 0 radical (unpaired) electrons. The summed E-state index contributed by atoms with van der Waals surface area (Å²) in [6.07, 6.45) is 0. The average Bonchev–Trinajstić information content (AvgIpc) is 2.81. The SMILES string of the molecule is N#Cc1ccc(-c2cc(Br)ccc2Oc2ccc(Br)cc2-c2ccc(C#N)cc2)cc1. The van der Waals surface area contributed by atoms with Gasteiger partial charge >= 0.3 is 0 Å². The van der Waals surface area contributed by atoms with Crippen LogP contribution in [0.3, 0.4) is 0 Å². The molecule has 31 heavy (non-hydrogen) atoms. The highest BCUT2D eigenvalue weighted by Crippen LogP contribution is 2.40. The van der Waals surface area contributed by atoms with Crippen molar-refractivity contribution in [1.29, 1.82) is 10.5 Å². The summed E-state index contributed by atoms with van der Waals surface area (Å²) in [5.74, 6) is 1.40. The van der Waals surface area contributed by atoms with Crippen molar-refractivity contribution in [3.05, 3.63) is 105 Å². The van der Waals surface area contributed by atoms with Gasteiger partial charge in [-0.3, -0.25) is 0 Å². The maximum Gasteiger partial charge on any atom is 0.135 e. The standard InChI is InChI=1S/C26H14Br2N2O/c27-21-9-11-25(23(13-21)19-5-1-17(15-29)2-6-19)31-26-12-10-22(28)14-24(26)20-7-3-18(16-30)4-8-20/h1-14H. The molecule has 4 aromatic carbocycles. The highest BCUT2D eigenvalue weighted by atomic mass is 79.9. The monoisotopic (exact) mass is 528 g/mol. The average molecular weight is 530 g/mol. The van der Waals surface area contributed by atoms with Crippen molar-refractivity contribution in [2.24, 2.45) is 0 Å². The van der Waals surface area contributed by atoms with Crippen LogP contribution in [0.25, 0.3) is 22.3 Å². The fraction of sp³-hybridized carbons (Fsp3) is 0. The number of rotatable bonds is 4. The molecule has 4 aromatic rings. The maximum atomic E-state index is 9.08. The van der Waals surface area contributed by atoms with Crippen molar-refractivity contribution in [1.82, 2.24) is 0 Å². The largest absolute Gasteiger partial charge is 0.456 e. The molecule has 0 saturated carbocycles. The molecule has 5 heteroatoms. The van der Waals surface area contributed by atoms with Crippen molar-refractivity contribution >= 4 is 31.9 Å². The molecule has 0 fully saturated rings. The van der Waals surface area contributed by atoms with Crippen LogP contribution in [-0.2, 0) is 0 Å². The van der Waals surface area contributed by atoms with Crippen LogP contribution >= 0.6 is 31.9 Å². The van der Waals surface area contributed by atoms with Crippen molar-refractivity contribution in [2.45, 2.75) is 0 Å². The summed E-state index contributed by atoms with van der Waals surface area (Å²) < 4.78 is 8.27. The molecule has 0 amide bonds. The van der Waals surface area contributed by atoms with Gasteiger partial charge in [-0.1, -0.05) is 56.1 Å². The van der Waals surface area contributed by atoms with Crippen LogP contribution < -0.4 is 4.74 Å². The van der Waals surface area contributed by atoms with Gasteiger partial charge in [0.05, 0.1) is 23.3 Å². The van der Waals surface area contributed by atoms with Crippen LogP contribution in [-0.4, -0.2) is 0 Å². The van der Waals surface area contributed by atoms with Crippen molar-refractivity contribution in [3.63, 3.8) is 0 Å². The summed E-state index contributed by atoms with van der Waals surface area (Å²) in [6.45, 7) is 0. The lowest BCUT2D eigenvalue weighted by Gasteiger charge is -2.16. The highest BCUT2D eigenvalue weighted by Gasteiger charge is 2.13. The van der Waals surface area contributed by atoms with Gasteiger partial charge in [-0.05, 0) is 71.8 Å². The minimum Gasteiger partial charge on any atom is -0.456 e. The molecule has 0 spiro atoms. The number of halogens is 2. The number of hydrogen-bond donors (Lipinski definition) is 0. The topological polar surface area (TPSA) is 56.8 Å². The maximum absolute atomic E-state index is 9.08. The molecule has 0 aliphatic rings. The Morgan fingerprint density at radius 1 is 0.548 bits per heavy atom. The zero-order chi connectivity index (χ0) is 21.8. The van der Waals surface area contributed by atoms with E-state index in [1.807, 2.05) is 60.7 Å². The quantitative estimate of drug-likeness (QED) is 0.268. The highest BCUT2D eigenvalue weighted by molar-refractivity contribution is 9.10. The number of ether oxygens (including phenoxy) is 1. The molecule has 4 rings (SSSR count). The molecule has 0 N–H and O–H groups in total. The fourth-order valence-corrected chi connectivity index (χ4v) is 3.92. The first-order valence-electron chi connectivity index (χ1n) is 9.35. The van der Waals surface area contributed by atoms with Crippen molar-refractivity contribution in [3.8, 4) is 45.9 Å². The van der Waals surface area contributed by atoms with Gasteiger partial charge < -0.3 is 4.74 Å². The lowest BCUT2D eigenvalue weighted by Crippen LogP contribution is -1.92. The van der Waals surface area contributed by atoms with Gasteiger partial charge in [0.15, 0.2) is 0 Å². The summed E-state index contributed by atoms with van der Waals surface area (Å²) in [7, 11) is 0. The second-order valence-electron chi connectivity index (χ2n) is 6.76. The molecule has 0 bridgehead atoms. The Labute approximate surface area is 197 Å². The Morgan fingerprint density at radius 3 is 1.29 bits per heavy atom. The predicted molar refractivity (Wildman–Crippen MR) is 129 cm³/mol. The molecule has 0 unspecified atom stereocenters. The summed E-state index contributed by atoms with van der Waals surface area (Å²) in [5.41, 5.74) is 4.94. The molecule has 3 nitrogen and oxygen atoms in total. The minimum absolute atomic E-state index is 0.609. The van der Waals surface area contributed by atoms with Crippen molar-refractivity contribution < 1.29 is 4.74 Å². The first kappa shape index (κ1) is 20.9. The summed E-state index contributed by atoms with van der Waals surface area (Å²) in [5, 5.41) is 18.2. The summed E-state index contributed by atoms with van der Waals surface area (Å²) in [4.78, 5) is 0. The second-order valence-corrected chi connectivity index (χ2v) is 8.59. The van der Waals surface area contributed by atoms with Gasteiger partial charge in [0.25, 0.3) is 0 Å². The Kier molecular flexibility index (Phi) is 6.18. The Hall–Kier alpha value is -3.38. The normalized spacial score (nSPS) is 10.2.